The van der Waals surface area contributed by atoms with Crippen LogP contribution < -0.4 is 0 Å². The Kier molecular flexibility index (Phi) is 5.98. The minimum absolute atomic E-state index is 0.218. The number of hydrogen-bond acceptors (Lipinski definition) is 3. The first kappa shape index (κ1) is 13.5. The van der Waals surface area contributed by atoms with E-state index in [1.54, 1.807) is 0 Å². The molecule has 1 aliphatic heterocycles. The standard InChI is InChI=1S/C8H16BI2NO2/c1-6(2)12-4-7(13-9(3)10)8(5-12)14-11/h6-8H,4-5H2,1-3H3. The molecule has 6 heteroatoms. The third-order valence-corrected chi connectivity index (χ3v) is 3.40. The van der Waals surface area contributed by atoms with Gasteiger partial charge in [0.25, 0.3) is 0 Å². The van der Waals surface area contributed by atoms with Crippen LogP contribution in [0.5, 0.6) is 0 Å². The largest absolute Gasteiger partial charge is 0.419 e. The maximum atomic E-state index is 5.81. The van der Waals surface area contributed by atoms with Crippen LogP contribution in [0.2, 0.25) is 6.82 Å². The fourth-order valence-corrected chi connectivity index (χ4v) is 2.52. The summed E-state index contributed by atoms with van der Waals surface area (Å²) in [6.45, 7) is 8.44. The Morgan fingerprint density at radius 3 is 2.36 bits per heavy atom. The molecule has 0 radical (unpaired) electrons. The van der Waals surface area contributed by atoms with Crippen molar-refractivity contribution < 1.29 is 7.72 Å². The van der Waals surface area contributed by atoms with Crippen LogP contribution in [0.15, 0.2) is 0 Å². The van der Waals surface area contributed by atoms with Crippen molar-refractivity contribution in [1.82, 2.24) is 4.90 Å². The summed E-state index contributed by atoms with van der Waals surface area (Å²) in [5.74, 6) is 0. The van der Waals surface area contributed by atoms with Gasteiger partial charge in [0.05, 0.1) is 6.10 Å². The first-order valence-corrected chi connectivity index (χ1v) is 6.98. The molecule has 14 heavy (non-hydrogen) atoms. The van der Waals surface area contributed by atoms with E-state index in [0.717, 1.165) is 13.1 Å². The van der Waals surface area contributed by atoms with E-state index in [0.29, 0.717) is 6.04 Å². The summed E-state index contributed by atoms with van der Waals surface area (Å²) in [5.41, 5.74) is 0. The Morgan fingerprint density at radius 2 is 1.93 bits per heavy atom. The first-order chi connectivity index (χ1) is 6.54. The second-order valence-corrected chi connectivity index (χ2v) is 6.16. The average molecular weight is 423 g/mol. The molecule has 1 saturated heterocycles. The maximum Gasteiger partial charge on any atom is 0.362 e. The molecule has 0 N–H and O–H groups in total. The van der Waals surface area contributed by atoms with E-state index in [2.05, 4.69) is 47.9 Å². The van der Waals surface area contributed by atoms with Crippen molar-refractivity contribution in [3.63, 3.8) is 0 Å². The summed E-state index contributed by atoms with van der Waals surface area (Å²) in [5, 5.41) is 0. The predicted molar refractivity (Wildman–Crippen MR) is 76.1 cm³/mol. The van der Waals surface area contributed by atoms with E-state index >= 15 is 0 Å². The van der Waals surface area contributed by atoms with Gasteiger partial charge >= 0.3 is 4.77 Å². The third kappa shape index (κ3) is 3.77. The molecule has 0 aromatic carbocycles. The molecule has 1 heterocycles. The summed E-state index contributed by atoms with van der Waals surface area (Å²) in [6, 6.07) is 0.571. The third-order valence-electron chi connectivity index (χ3n) is 2.45. The summed E-state index contributed by atoms with van der Waals surface area (Å²) in [7, 11) is 0. The van der Waals surface area contributed by atoms with Gasteiger partial charge in [0.1, 0.15) is 29.1 Å². The fourth-order valence-electron chi connectivity index (χ4n) is 1.65. The zero-order valence-corrected chi connectivity index (χ0v) is 13.1. The molecule has 0 aromatic rings. The van der Waals surface area contributed by atoms with Gasteiger partial charge in [-0.1, -0.05) is 0 Å². The number of rotatable bonds is 4. The number of nitrogens with zero attached hydrogens (tertiary/aromatic N) is 1. The quantitative estimate of drug-likeness (QED) is 0.513. The number of halogens is 2. The molecule has 0 bridgehead atoms. The highest BCUT2D eigenvalue weighted by molar-refractivity contribution is 14.1. The SMILES string of the molecule is CB(I)OC1CN(C(C)C)CC1OI. The van der Waals surface area contributed by atoms with E-state index in [1.807, 2.05) is 23.0 Å². The van der Waals surface area contributed by atoms with Crippen molar-refractivity contribution in [2.75, 3.05) is 13.1 Å². The van der Waals surface area contributed by atoms with Crippen molar-refractivity contribution in [3.8, 4) is 0 Å². The van der Waals surface area contributed by atoms with Crippen molar-refractivity contribution in [2.24, 2.45) is 0 Å². The Hall–Kier alpha value is 1.40. The highest BCUT2D eigenvalue weighted by Gasteiger charge is 2.35. The lowest BCUT2D eigenvalue weighted by Gasteiger charge is -2.19. The maximum absolute atomic E-state index is 5.81. The Bertz CT molecular complexity index is 183. The van der Waals surface area contributed by atoms with Gasteiger partial charge in [-0.05, 0) is 20.7 Å². The smallest absolute Gasteiger partial charge is 0.362 e. The molecule has 0 spiro atoms. The predicted octanol–water partition coefficient (Wildman–Crippen LogP) is 2.38. The minimum atomic E-state index is 0.218. The summed E-state index contributed by atoms with van der Waals surface area (Å²) >= 11 is 4.26. The van der Waals surface area contributed by atoms with E-state index in [1.165, 1.54) is 0 Å². The van der Waals surface area contributed by atoms with Gasteiger partial charge in [-0.3, -0.25) is 4.90 Å². The van der Waals surface area contributed by atoms with Gasteiger partial charge in [0.2, 0.25) is 0 Å². The number of hydrogen-bond donors (Lipinski definition) is 0. The second kappa shape index (κ2) is 6.22. The zero-order chi connectivity index (χ0) is 10.7. The van der Waals surface area contributed by atoms with Crippen LogP contribution in [0.4, 0.5) is 0 Å². The van der Waals surface area contributed by atoms with Crippen LogP contribution in [0.25, 0.3) is 0 Å². The van der Waals surface area contributed by atoms with E-state index in [-0.39, 0.29) is 17.0 Å². The van der Waals surface area contributed by atoms with Crippen LogP contribution in [0, 0.1) is 0 Å². The Balaban J connectivity index is 2.49. The summed E-state index contributed by atoms with van der Waals surface area (Å²) < 4.78 is 11.5. The minimum Gasteiger partial charge on any atom is -0.419 e. The van der Waals surface area contributed by atoms with Crippen LogP contribution in [0.3, 0.4) is 0 Å². The lowest BCUT2D eigenvalue weighted by Crippen LogP contribution is -2.31. The van der Waals surface area contributed by atoms with Crippen molar-refractivity contribution in [2.45, 2.75) is 38.9 Å². The molecular formula is C8H16BI2NO2. The van der Waals surface area contributed by atoms with Crippen LogP contribution in [0.1, 0.15) is 13.8 Å². The van der Waals surface area contributed by atoms with Crippen LogP contribution >= 0.6 is 45.4 Å². The molecule has 1 aliphatic rings. The molecule has 0 aliphatic carbocycles. The van der Waals surface area contributed by atoms with Gasteiger partial charge in [0.15, 0.2) is 0 Å². The molecule has 1 rings (SSSR count). The lowest BCUT2D eigenvalue weighted by molar-refractivity contribution is 0.127. The first-order valence-electron chi connectivity index (χ1n) is 4.85. The van der Waals surface area contributed by atoms with Gasteiger partial charge in [-0.2, -0.15) is 0 Å². The molecule has 3 nitrogen and oxygen atoms in total. The van der Waals surface area contributed by atoms with E-state index < -0.39 is 0 Å². The lowest BCUT2D eigenvalue weighted by atomic mass is 10.1. The van der Waals surface area contributed by atoms with Crippen molar-refractivity contribution in [1.29, 1.82) is 0 Å². The van der Waals surface area contributed by atoms with Crippen molar-refractivity contribution >= 4 is 50.2 Å². The molecule has 0 aromatic heterocycles. The molecule has 2 atom stereocenters. The molecule has 2 unspecified atom stereocenters. The molecule has 0 saturated carbocycles. The van der Waals surface area contributed by atoms with Crippen LogP contribution in [-0.4, -0.2) is 41.0 Å². The van der Waals surface area contributed by atoms with E-state index in [4.69, 9.17) is 7.72 Å². The summed E-state index contributed by atoms with van der Waals surface area (Å²) in [6.07, 6.45) is 0.441. The van der Waals surface area contributed by atoms with E-state index in [9.17, 15) is 0 Å². The van der Waals surface area contributed by atoms with Gasteiger partial charge in [0, 0.05) is 19.1 Å². The highest BCUT2D eigenvalue weighted by Crippen LogP contribution is 2.22. The fraction of sp³-hybridized carbons (Fsp3) is 1.00. The normalized spacial score (nSPS) is 28.7. The monoisotopic (exact) mass is 423 g/mol. The van der Waals surface area contributed by atoms with Gasteiger partial charge in [-0.25, -0.2) is 0 Å². The van der Waals surface area contributed by atoms with Crippen molar-refractivity contribution in [3.05, 3.63) is 0 Å². The zero-order valence-electron chi connectivity index (χ0n) is 8.74. The summed E-state index contributed by atoms with van der Waals surface area (Å²) in [4.78, 5) is 2.40. The van der Waals surface area contributed by atoms with Gasteiger partial charge in [-0.15, -0.1) is 22.4 Å². The van der Waals surface area contributed by atoms with Crippen LogP contribution in [-0.2, 0) is 7.72 Å². The average Bonchev–Trinajstić information content (AvgIpc) is 2.46. The molecular weight excluding hydrogens is 407 g/mol. The van der Waals surface area contributed by atoms with Gasteiger partial charge < -0.3 is 7.72 Å². The Morgan fingerprint density at radius 1 is 1.36 bits per heavy atom. The molecule has 82 valence electrons. The topological polar surface area (TPSA) is 21.7 Å². The highest BCUT2D eigenvalue weighted by atomic mass is 127. The second-order valence-electron chi connectivity index (χ2n) is 3.89. The Labute approximate surface area is 114 Å². The molecule has 0 amide bonds. The molecule has 1 fully saturated rings. The number of likely N-dealkylation sites (tertiary alicyclic amines) is 1.